The summed E-state index contributed by atoms with van der Waals surface area (Å²) in [5, 5.41) is 10.7. The van der Waals surface area contributed by atoms with Crippen molar-refractivity contribution in [2.75, 3.05) is 17.2 Å². The van der Waals surface area contributed by atoms with Crippen LogP contribution in [0.4, 0.5) is 11.6 Å². The zero-order chi connectivity index (χ0) is 26.6. The maximum atomic E-state index is 13.6. The minimum absolute atomic E-state index is 0.218. The van der Waals surface area contributed by atoms with Crippen molar-refractivity contribution < 1.29 is 14.3 Å². The number of ether oxygens (including phenoxy) is 2. The van der Waals surface area contributed by atoms with Crippen LogP contribution in [0.2, 0.25) is 0 Å². The highest BCUT2D eigenvalue weighted by Crippen LogP contribution is 2.39. The van der Waals surface area contributed by atoms with Gasteiger partial charge >= 0.3 is 0 Å². The first-order chi connectivity index (χ1) is 18.4. The molecule has 0 fully saturated rings. The van der Waals surface area contributed by atoms with E-state index in [9.17, 15) is 4.79 Å². The van der Waals surface area contributed by atoms with Crippen LogP contribution in [0.5, 0.6) is 11.5 Å². The third-order valence-corrected chi connectivity index (χ3v) is 6.54. The number of aryl methyl sites for hydroxylation is 2. The van der Waals surface area contributed by atoms with Crippen LogP contribution in [0.15, 0.2) is 84.3 Å². The van der Waals surface area contributed by atoms with E-state index in [0.29, 0.717) is 41.9 Å². The maximum Gasteiger partial charge on any atom is 0.255 e. The molecule has 1 unspecified atom stereocenters. The van der Waals surface area contributed by atoms with Gasteiger partial charge in [0.1, 0.15) is 19.0 Å². The number of nitrogens with zero attached hydrogens (tertiary/aromatic N) is 3. The highest BCUT2D eigenvalue weighted by atomic mass is 16.5. The predicted octanol–water partition coefficient (Wildman–Crippen LogP) is 5.80. The van der Waals surface area contributed by atoms with Gasteiger partial charge in [-0.15, -0.1) is 0 Å². The molecule has 3 aromatic carbocycles. The van der Waals surface area contributed by atoms with Gasteiger partial charge in [-0.05, 0) is 74.2 Å². The summed E-state index contributed by atoms with van der Waals surface area (Å²) in [6, 6.07) is 21.1. The number of carbonyl (C=O) groups excluding carboxylic acids is 1. The molecule has 1 aliphatic rings. The van der Waals surface area contributed by atoms with E-state index in [1.54, 1.807) is 4.68 Å². The van der Waals surface area contributed by atoms with Crippen molar-refractivity contribution in [1.29, 1.82) is 0 Å². The summed E-state index contributed by atoms with van der Waals surface area (Å²) in [6.07, 6.45) is 1.48. The minimum atomic E-state index is -0.511. The van der Waals surface area contributed by atoms with Gasteiger partial charge in [-0.2, -0.15) is 10.1 Å². The lowest BCUT2D eigenvalue weighted by Crippen LogP contribution is -2.31. The molecular weight excluding hydrogens is 478 g/mol. The number of anilines is 2. The van der Waals surface area contributed by atoms with Gasteiger partial charge in [0.2, 0.25) is 5.95 Å². The zero-order valence-corrected chi connectivity index (χ0v) is 22.0. The van der Waals surface area contributed by atoms with Crippen LogP contribution < -0.4 is 20.1 Å². The number of fused-ring (bicyclic) bond motifs is 1. The number of amides is 1. The van der Waals surface area contributed by atoms with E-state index in [-0.39, 0.29) is 5.91 Å². The fraction of sp³-hybridized carbons (Fsp3) is 0.233. The number of allylic oxidation sites excluding steroid dienone is 1. The van der Waals surface area contributed by atoms with E-state index in [0.717, 1.165) is 22.4 Å². The summed E-state index contributed by atoms with van der Waals surface area (Å²) in [7, 11) is 0. The van der Waals surface area contributed by atoms with Crippen LogP contribution in [-0.4, -0.2) is 27.3 Å². The predicted molar refractivity (Wildman–Crippen MR) is 147 cm³/mol. The van der Waals surface area contributed by atoms with Crippen LogP contribution in [0.3, 0.4) is 0 Å². The summed E-state index contributed by atoms with van der Waals surface area (Å²) in [5.41, 5.74) is 6.15. The monoisotopic (exact) mass is 509 g/mol. The largest absolute Gasteiger partial charge is 0.490 e. The molecule has 1 aliphatic heterocycles. The lowest BCUT2D eigenvalue weighted by Gasteiger charge is -2.29. The third-order valence-electron chi connectivity index (χ3n) is 6.54. The molecule has 1 aromatic heterocycles. The van der Waals surface area contributed by atoms with Crippen LogP contribution in [-0.2, 0) is 11.4 Å². The molecule has 8 nitrogen and oxygen atoms in total. The molecule has 0 saturated carbocycles. The quantitative estimate of drug-likeness (QED) is 0.312. The summed E-state index contributed by atoms with van der Waals surface area (Å²) < 4.78 is 13.9. The molecular formula is C30H31N5O3. The van der Waals surface area contributed by atoms with Gasteiger partial charge < -0.3 is 20.1 Å². The fourth-order valence-electron chi connectivity index (χ4n) is 4.62. The molecule has 4 aromatic rings. The number of benzene rings is 3. The summed E-state index contributed by atoms with van der Waals surface area (Å²) >= 11 is 0. The number of nitrogens with one attached hydrogen (secondary N) is 2. The van der Waals surface area contributed by atoms with Crippen molar-refractivity contribution in [1.82, 2.24) is 14.8 Å². The topological polar surface area (TPSA) is 90.3 Å². The van der Waals surface area contributed by atoms with Crippen molar-refractivity contribution in [2.24, 2.45) is 0 Å². The van der Waals surface area contributed by atoms with Crippen molar-refractivity contribution >= 4 is 17.5 Å². The molecule has 8 heteroatoms. The van der Waals surface area contributed by atoms with E-state index < -0.39 is 6.04 Å². The lowest BCUT2D eigenvalue weighted by molar-refractivity contribution is -0.113. The standard InChI is InChI=1S/C30H31N5O3/c1-5-37-26-16-22(13-14-25(26)38-17-23-11-7-6-10-20(23)3)28-27(21(4)33-30-31-18-32-35(28)30)29(36)34-24-12-8-9-19(2)15-24/h6-16,18,28H,5,17H2,1-4H3,(H,34,36)(H,31,32,33). The summed E-state index contributed by atoms with van der Waals surface area (Å²) in [5.74, 6) is 1.59. The van der Waals surface area contributed by atoms with E-state index in [1.807, 2.05) is 75.4 Å². The molecule has 0 spiro atoms. The Morgan fingerprint density at radius 1 is 1.00 bits per heavy atom. The molecule has 2 heterocycles. The number of aromatic nitrogens is 3. The first-order valence-electron chi connectivity index (χ1n) is 12.6. The second-order valence-electron chi connectivity index (χ2n) is 9.27. The van der Waals surface area contributed by atoms with Gasteiger partial charge in [-0.1, -0.05) is 42.5 Å². The van der Waals surface area contributed by atoms with Crippen LogP contribution in [0.1, 0.15) is 42.1 Å². The Kier molecular flexibility index (Phi) is 7.13. The molecule has 0 radical (unpaired) electrons. The zero-order valence-electron chi connectivity index (χ0n) is 22.0. The number of hydrogen-bond acceptors (Lipinski definition) is 6. The molecule has 38 heavy (non-hydrogen) atoms. The molecule has 0 aliphatic carbocycles. The first kappa shape index (κ1) is 25.1. The second-order valence-corrected chi connectivity index (χ2v) is 9.27. The van der Waals surface area contributed by atoms with Crippen LogP contribution in [0, 0.1) is 13.8 Å². The number of rotatable bonds is 8. The highest BCUT2D eigenvalue weighted by molar-refractivity contribution is 6.06. The van der Waals surface area contributed by atoms with Gasteiger partial charge in [0, 0.05) is 11.4 Å². The molecule has 1 amide bonds. The van der Waals surface area contributed by atoms with Crippen molar-refractivity contribution in [3.8, 4) is 11.5 Å². The van der Waals surface area contributed by atoms with Crippen molar-refractivity contribution in [2.45, 2.75) is 40.3 Å². The van der Waals surface area contributed by atoms with E-state index in [4.69, 9.17) is 9.47 Å². The molecule has 0 bridgehead atoms. The Morgan fingerprint density at radius 2 is 1.84 bits per heavy atom. The Bertz CT molecular complexity index is 1510. The van der Waals surface area contributed by atoms with E-state index in [2.05, 4.69) is 39.8 Å². The van der Waals surface area contributed by atoms with Gasteiger partial charge in [0.15, 0.2) is 11.5 Å². The first-order valence-corrected chi connectivity index (χ1v) is 12.6. The molecule has 2 N–H and O–H groups in total. The van der Waals surface area contributed by atoms with Gasteiger partial charge in [0.25, 0.3) is 5.91 Å². The Balaban J connectivity index is 1.50. The molecule has 1 atom stereocenters. The second kappa shape index (κ2) is 10.8. The normalized spacial score (nSPS) is 14.5. The SMILES string of the molecule is CCOc1cc(C2C(C(=O)Nc3cccc(C)c3)=C(C)Nc3ncnn32)ccc1OCc1ccccc1C. The number of hydrogen-bond donors (Lipinski definition) is 2. The number of carbonyl (C=O) groups is 1. The lowest BCUT2D eigenvalue weighted by atomic mass is 9.94. The third kappa shape index (κ3) is 5.11. The average molecular weight is 510 g/mol. The van der Waals surface area contributed by atoms with Crippen molar-refractivity contribution in [3.63, 3.8) is 0 Å². The van der Waals surface area contributed by atoms with Crippen LogP contribution >= 0.6 is 0 Å². The molecule has 5 rings (SSSR count). The van der Waals surface area contributed by atoms with Crippen LogP contribution in [0.25, 0.3) is 0 Å². The minimum Gasteiger partial charge on any atom is -0.490 e. The molecule has 0 saturated heterocycles. The Morgan fingerprint density at radius 3 is 2.63 bits per heavy atom. The Hall–Kier alpha value is -4.59. The summed E-state index contributed by atoms with van der Waals surface area (Å²) in [4.78, 5) is 18.0. The molecule has 194 valence electrons. The highest BCUT2D eigenvalue weighted by Gasteiger charge is 2.34. The average Bonchev–Trinajstić information content (AvgIpc) is 3.36. The maximum absolute atomic E-state index is 13.6. The smallest absolute Gasteiger partial charge is 0.255 e. The van der Waals surface area contributed by atoms with Gasteiger partial charge in [0.05, 0.1) is 12.2 Å². The fourth-order valence-corrected chi connectivity index (χ4v) is 4.62. The Labute approximate surface area is 222 Å². The van der Waals surface area contributed by atoms with E-state index in [1.165, 1.54) is 11.9 Å². The van der Waals surface area contributed by atoms with Gasteiger partial charge in [-0.3, -0.25) is 4.79 Å². The van der Waals surface area contributed by atoms with Gasteiger partial charge in [-0.25, -0.2) is 4.68 Å². The van der Waals surface area contributed by atoms with Crippen molar-refractivity contribution in [3.05, 3.63) is 107 Å². The van der Waals surface area contributed by atoms with E-state index >= 15 is 0 Å². The summed E-state index contributed by atoms with van der Waals surface area (Å²) in [6.45, 7) is 8.76.